The van der Waals surface area contributed by atoms with Gasteiger partial charge in [-0.25, -0.2) is 4.79 Å². The Bertz CT molecular complexity index is 1070. The van der Waals surface area contributed by atoms with E-state index in [1.807, 2.05) is 0 Å². The summed E-state index contributed by atoms with van der Waals surface area (Å²) in [4.78, 5) is 27.8. The lowest BCUT2D eigenvalue weighted by Gasteiger charge is -2.18. The van der Waals surface area contributed by atoms with Gasteiger partial charge in [-0.2, -0.15) is 13.2 Å². The first kappa shape index (κ1) is 23.1. The molecule has 3 N–H and O–H groups in total. The monoisotopic (exact) mass is 466 g/mol. The number of alkyl halides is 3. The number of amides is 3. The largest absolute Gasteiger partial charge is 0.486 e. The normalized spacial score (nSPS) is 15.5. The fraction of sp³-hybridized carbons (Fsp3) is 0.190. The van der Waals surface area contributed by atoms with Crippen molar-refractivity contribution >= 4 is 41.1 Å². The molecule has 0 fully saturated rings. The summed E-state index contributed by atoms with van der Waals surface area (Å²) in [6.07, 6.45) is -1.32. The molecule has 0 radical (unpaired) electrons. The standard InChI is InChI=1S/C21H18ClF3N4O3/c1-26-19(30)18-11-15(8-9-27-18)32-14-5-2-12(3-6-14)28-20(31)29-13-4-7-17(22)16(10-13)21(23,24)25/h2-7,9-11,15H,8H2,1H3,(H,26,30)(H2,28,29,31). The Morgan fingerprint density at radius 1 is 1.09 bits per heavy atom. The van der Waals surface area contributed by atoms with Crippen molar-refractivity contribution in [2.24, 2.45) is 4.99 Å². The summed E-state index contributed by atoms with van der Waals surface area (Å²) in [6, 6.07) is 8.71. The van der Waals surface area contributed by atoms with Crippen LogP contribution in [0, 0.1) is 0 Å². The summed E-state index contributed by atoms with van der Waals surface area (Å²) in [5.41, 5.74) is -0.446. The van der Waals surface area contributed by atoms with Crippen molar-refractivity contribution in [2.75, 3.05) is 17.7 Å². The fourth-order valence-corrected chi connectivity index (χ4v) is 3.02. The predicted octanol–water partition coefficient (Wildman–Crippen LogP) is 4.85. The topological polar surface area (TPSA) is 91.8 Å². The van der Waals surface area contributed by atoms with Crippen molar-refractivity contribution < 1.29 is 27.5 Å². The molecule has 2 aromatic rings. The van der Waals surface area contributed by atoms with Gasteiger partial charge in [0.1, 0.15) is 17.6 Å². The quantitative estimate of drug-likeness (QED) is 0.588. The van der Waals surface area contributed by atoms with Crippen LogP contribution in [-0.4, -0.2) is 31.3 Å². The molecule has 168 valence electrons. The molecule has 0 bridgehead atoms. The third kappa shape index (κ3) is 6.01. The van der Waals surface area contributed by atoms with E-state index >= 15 is 0 Å². The van der Waals surface area contributed by atoms with Crippen LogP contribution >= 0.6 is 11.6 Å². The molecule has 1 heterocycles. The van der Waals surface area contributed by atoms with E-state index in [0.29, 0.717) is 17.9 Å². The Kier molecular flexibility index (Phi) is 7.04. The van der Waals surface area contributed by atoms with E-state index in [1.54, 1.807) is 36.6 Å². The molecule has 32 heavy (non-hydrogen) atoms. The van der Waals surface area contributed by atoms with Crippen molar-refractivity contribution in [1.29, 1.82) is 0 Å². The average molecular weight is 467 g/mol. The van der Waals surface area contributed by atoms with Gasteiger partial charge in [-0.3, -0.25) is 9.79 Å². The molecule has 11 heteroatoms. The maximum Gasteiger partial charge on any atom is 0.417 e. The maximum absolute atomic E-state index is 12.9. The molecule has 0 saturated heterocycles. The molecule has 1 unspecified atom stereocenters. The van der Waals surface area contributed by atoms with E-state index in [2.05, 4.69) is 20.9 Å². The van der Waals surface area contributed by atoms with Crippen molar-refractivity contribution in [2.45, 2.75) is 18.7 Å². The molecular weight excluding hydrogens is 449 g/mol. The molecule has 0 saturated carbocycles. The molecule has 0 aliphatic carbocycles. The van der Waals surface area contributed by atoms with Gasteiger partial charge in [0.15, 0.2) is 0 Å². The van der Waals surface area contributed by atoms with Gasteiger partial charge in [-0.05, 0) is 48.5 Å². The molecule has 3 rings (SSSR count). The number of carbonyl (C=O) groups is 2. The average Bonchev–Trinajstić information content (AvgIpc) is 2.75. The molecular formula is C21H18ClF3N4O3. The highest BCUT2D eigenvalue weighted by atomic mass is 35.5. The van der Waals surface area contributed by atoms with Crippen LogP contribution in [0.25, 0.3) is 0 Å². The first-order valence-electron chi connectivity index (χ1n) is 9.33. The number of urea groups is 1. The molecule has 0 spiro atoms. The van der Waals surface area contributed by atoms with Gasteiger partial charge in [0.2, 0.25) is 0 Å². The van der Waals surface area contributed by atoms with E-state index in [1.165, 1.54) is 13.1 Å². The van der Waals surface area contributed by atoms with E-state index in [9.17, 15) is 22.8 Å². The van der Waals surface area contributed by atoms with Crippen LogP contribution in [0.2, 0.25) is 5.02 Å². The minimum absolute atomic E-state index is 0.0585. The number of benzene rings is 2. The molecule has 1 aliphatic rings. The summed E-state index contributed by atoms with van der Waals surface area (Å²) in [7, 11) is 1.51. The lowest BCUT2D eigenvalue weighted by molar-refractivity contribution is -0.137. The van der Waals surface area contributed by atoms with Crippen LogP contribution < -0.4 is 20.7 Å². The number of nitrogens with zero attached hydrogens (tertiary/aromatic N) is 1. The number of halogens is 4. The summed E-state index contributed by atoms with van der Waals surface area (Å²) in [5.74, 6) is 0.180. The second kappa shape index (κ2) is 9.73. The van der Waals surface area contributed by atoms with Crippen LogP contribution in [0.1, 0.15) is 12.0 Å². The van der Waals surface area contributed by atoms with Gasteiger partial charge < -0.3 is 20.7 Å². The predicted molar refractivity (Wildman–Crippen MR) is 115 cm³/mol. The van der Waals surface area contributed by atoms with E-state index in [0.717, 1.165) is 12.1 Å². The van der Waals surface area contributed by atoms with Gasteiger partial charge >= 0.3 is 12.2 Å². The fourth-order valence-electron chi connectivity index (χ4n) is 2.79. The van der Waals surface area contributed by atoms with Crippen molar-refractivity contribution in [3.05, 3.63) is 64.8 Å². The third-order valence-electron chi connectivity index (χ3n) is 4.30. The van der Waals surface area contributed by atoms with Gasteiger partial charge in [0, 0.05) is 31.1 Å². The van der Waals surface area contributed by atoms with Gasteiger partial charge in [0.25, 0.3) is 5.91 Å². The molecule has 1 atom stereocenters. The number of hydrogen-bond acceptors (Lipinski definition) is 4. The summed E-state index contributed by atoms with van der Waals surface area (Å²) in [5, 5.41) is 6.88. The maximum atomic E-state index is 12.9. The smallest absolute Gasteiger partial charge is 0.417 e. The molecule has 1 aliphatic heterocycles. The van der Waals surface area contributed by atoms with E-state index in [-0.39, 0.29) is 23.4 Å². The van der Waals surface area contributed by atoms with Crippen LogP contribution in [0.3, 0.4) is 0 Å². The number of anilines is 2. The van der Waals surface area contributed by atoms with Crippen molar-refractivity contribution in [3.63, 3.8) is 0 Å². The van der Waals surface area contributed by atoms with Gasteiger partial charge in [-0.1, -0.05) is 11.6 Å². The number of carbonyl (C=O) groups excluding carboxylic acids is 2. The number of rotatable bonds is 5. The molecule has 2 aromatic carbocycles. The Balaban J connectivity index is 1.59. The number of hydrogen-bond donors (Lipinski definition) is 3. The lowest BCUT2D eigenvalue weighted by Crippen LogP contribution is -2.25. The Hall–Kier alpha value is -3.53. The zero-order valence-corrected chi connectivity index (χ0v) is 17.4. The zero-order valence-electron chi connectivity index (χ0n) is 16.7. The highest BCUT2D eigenvalue weighted by Gasteiger charge is 2.33. The van der Waals surface area contributed by atoms with Crippen molar-refractivity contribution in [3.8, 4) is 5.75 Å². The summed E-state index contributed by atoms with van der Waals surface area (Å²) < 4.78 is 44.6. The van der Waals surface area contributed by atoms with E-state index < -0.39 is 22.8 Å². The Morgan fingerprint density at radius 2 is 1.75 bits per heavy atom. The van der Waals surface area contributed by atoms with E-state index in [4.69, 9.17) is 16.3 Å². The Labute approximate surface area is 186 Å². The van der Waals surface area contributed by atoms with Gasteiger partial charge in [-0.15, -0.1) is 0 Å². The van der Waals surface area contributed by atoms with Crippen LogP contribution in [0.15, 0.2) is 59.2 Å². The lowest BCUT2D eigenvalue weighted by atomic mass is 10.1. The van der Waals surface area contributed by atoms with Crippen LogP contribution in [0.4, 0.5) is 29.3 Å². The zero-order chi connectivity index (χ0) is 23.3. The van der Waals surface area contributed by atoms with Crippen LogP contribution in [0.5, 0.6) is 5.75 Å². The highest BCUT2D eigenvalue weighted by molar-refractivity contribution is 6.31. The van der Waals surface area contributed by atoms with Gasteiger partial charge in [0.05, 0.1) is 10.6 Å². The minimum atomic E-state index is -4.64. The third-order valence-corrected chi connectivity index (χ3v) is 4.63. The minimum Gasteiger partial charge on any atom is -0.486 e. The summed E-state index contributed by atoms with van der Waals surface area (Å²) in [6.45, 7) is 0. The number of aliphatic imine (C=N–C) groups is 1. The second-order valence-electron chi connectivity index (χ2n) is 6.63. The second-order valence-corrected chi connectivity index (χ2v) is 7.04. The number of likely N-dealkylation sites (N-methyl/N-ethyl adjacent to an activating group) is 1. The SMILES string of the molecule is CNC(=O)C1=CC(Oc2ccc(NC(=O)Nc3ccc(Cl)c(C(F)(F)F)c3)cc2)CC=N1. The first-order valence-corrected chi connectivity index (χ1v) is 9.71. The summed E-state index contributed by atoms with van der Waals surface area (Å²) >= 11 is 5.57. The van der Waals surface area contributed by atoms with Crippen LogP contribution in [-0.2, 0) is 11.0 Å². The first-order chi connectivity index (χ1) is 15.2. The highest BCUT2D eigenvalue weighted by Crippen LogP contribution is 2.36. The molecule has 0 aromatic heterocycles. The molecule has 7 nitrogen and oxygen atoms in total. The van der Waals surface area contributed by atoms with Crippen molar-refractivity contribution in [1.82, 2.24) is 5.32 Å². The number of ether oxygens (including phenoxy) is 1. The Morgan fingerprint density at radius 3 is 2.41 bits per heavy atom. The molecule has 3 amide bonds. The number of nitrogens with one attached hydrogen (secondary N) is 3.